The number of nitrogens with one attached hydrogen (secondary N) is 1. The Kier molecular flexibility index (Phi) is 5.87. The molecular formula is C22H20F3NO2. The molecule has 0 saturated heterocycles. The zero-order valence-corrected chi connectivity index (χ0v) is 15.3. The maximum atomic E-state index is 12.8. The van der Waals surface area contributed by atoms with Crippen molar-refractivity contribution in [1.82, 2.24) is 5.32 Å². The third-order valence-corrected chi connectivity index (χ3v) is 4.38. The summed E-state index contributed by atoms with van der Waals surface area (Å²) in [5.74, 6) is 0.202. The monoisotopic (exact) mass is 387 g/mol. The van der Waals surface area contributed by atoms with Gasteiger partial charge in [-0.1, -0.05) is 49.4 Å². The van der Waals surface area contributed by atoms with E-state index in [4.69, 9.17) is 4.74 Å². The first-order valence-corrected chi connectivity index (χ1v) is 8.96. The molecular weight excluding hydrogens is 367 g/mol. The van der Waals surface area contributed by atoms with E-state index in [0.717, 1.165) is 22.9 Å². The van der Waals surface area contributed by atoms with Crippen LogP contribution in [0.25, 0.3) is 10.8 Å². The van der Waals surface area contributed by atoms with Gasteiger partial charge in [0.05, 0.1) is 5.56 Å². The van der Waals surface area contributed by atoms with E-state index in [0.29, 0.717) is 17.7 Å². The minimum Gasteiger partial charge on any atom is -0.481 e. The number of amides is 1. The Morgan fingerprint density at radius 1 is 1.00 bits per heavy atom. The van der Waals surface area contributed by atoms with Crippen LogP contribution in [0.2, 0.25) is 0 Å². The number of carbonyl (C=O) groups excluding carboxylic acids is 1. The minimum absolute atomic E-state index is 0.000331. The Morgan fingerprint density at radius 2 is 1.75 bits per heavy atom. The van der Waals surface area contributed by atoms with Gasteiger partial charge in [0.2, 0.25) is 0 Å². The molecule has 0 aliphatic heterocycles. The van der Waals surface area contributed by atoms with Gasteiger partial charge in [0.1, 0.15) is 5.75 Å². The summed E-state index contributed by atoms with van der Waals surface area (Å²) in [5, 5.41) is 4.72. The lowest BCUT2D eigenvalue weighted by Crippen LogP contribution is -2.37. The Labute approximate surface area is 161 Å². The van der Waals surface area contributed by atoms with Gasteiger partial charge in [-0.05, 0) is 47.0 Å². The number of rotatable bonds is 6. The van der Waals surface area contributed by atoms with Crippen molar-refractivity contribution in [1.29, 1.82) is 0 Å². The fraction of sp³-hybridized carbons (Fsp3) is 0.227. The van der Waals surface area contributed by atoms with Gasteiger partial charge >= 0.3 is 6.18 Å². The molecule has 3 nitrogen and oxygen atoms in total. The summed E-state index contributed by atoms with van der Waals surface area (Å²) in [7, 11) is 0. The highest BCUT2D eigenvalue weighted by molar-refractivity contribution is 5.84. The summed E-state index contributed by atoms with van der Waals surface area (Å²) in [5.41, 5.74) is -0.359. The maximum Gasteiger partial charge on any atom is 0.416 e. The number of benzene rings is 3. The molecule has 3 aromatic rings. The molecule has 0 aliphatic carbocycles. The Balaban J connectivity index is 1.65. The van der Waals surface area contributed by atoms with Crippen LogP contribution in [-0.4, -0.2) is 12.0 Å². The first-order valence-electron chi connectivity index (χ1n) is 8.96. The molecule has 0 fully saturated rings. The van der Waals surface area contributed by atoms with Crippen molar-refractivity contribution in [2.24, 2.45) is 0 Å². The van der Waals surface area contributed by atoms with Gasteiger partial charge in [-0.25, -0.2) is 0 Å². The molecule has 0 heterocycles. The summed E-state index contributed by atoms with van der Waals surface area (Å²) < 4.78 is 44.2. The predicted octanol–water partition coefficient (Wildman–Crippen LogP) is 5.33. The lowest BCUT2D eigenvalue weighted by atomic mass is 10.1. The first-order chi connectivity index (χ1) is 13.4. The Morgan fingerprint density at radius 3 is 2.46 bits per heavy atom. The molecule has 1 amide bonds. The van der Waals surface area contributed by atoms with E-state index >= 15 is 0 Å². The number of hydrogen-bond donors (Lipinski definition) is 1. The second-order valence-corrected chi connectivity index (χ2v) is 6.44. The maximum absolute atomic E-state index is 12.8. The van der Waals surface area contributed by atoms with Gasteiger partial charge in [0.25, 0.3) is 5.91 Å². The van der Waals surface area contributed by atoms with Gasteiger partial charge in [-0.15, -0.1) is 0 Å². The first kappa shape index (κ1) is 19.7. The van der Waals surface area contributed by atoms with E-state index in [-0.39, 0.29) is 12.5 Å². The van der Waals surface area contributed by atoms with Crippen molar-refractivity contribution in [2.75, 3.05) is 0 Å². The van der Waals surface area contributed by atoms with Crippen LogP contribution >= 0.6 is 0 Å². The normalized spacial score (nSPS) is 12.6. The van der Waals surface area contributed by atoms with Crippen LogP contribution in [-0.2, 0) is 17.5 Å². The number of alkyl halides is 3. The highest BCUT2D eigenvalue weighted by Crippen LogP contribution is 2.29. The summed E-state index contributed by atoms with van der Waals surface area (Å²) in [4.78, 5) is 12.4. The van der Waals surface area contributed by atoms with Crippen LogP contribution < -0.4 is 10.1 Å². The predicted molar refractivity (Wildman–Crippen MR) is 102 cm³/mol. The van der Waals surface area contributed by atoms with Gasteiger partial charge in [-0.3, -0.25) is 4.79 Å². The lowest BCUT2D eigenvalue weighted by Gasteiger charge is -2.18. The largest absolute Gasteiger partial charge is 0.481 e. The lowest BCUT2D eigenvalue weighted by molar-refractivity contribution is -0.137. The SMILES string of the molecule is CC[C@H](Oc1ccc2ccccc2c1)C(=O)NCc1cccc(C(F)(F)F)c1. The number of fused-ring (bicyclic) bond motifs is 1. The molecule has 0 aliphatic rings. The molecule has 0 saturated carbocycles. The third-order valence-electron chi connectivity index (χ3n) is 4.38. The topological polar surface area (TPSA) is 38.3 Å². The number of hydrogen-bond acceptors (Lipinski definition) is 2. The molecule has 3 aromatic carbocycles. The summed E-state index contributed by atoms with van der Waals surface area (Å²) in [6, 6.07) is 18.3. The van der Waals surface area contributed by atoms with Crippen LogP contribution in [0, 0.1) is 0 Å². The van der Waals surface area contributed by atoms with Crippen molar-refractivity contribution in [2.45, 2.75) is 32.2 Å². The van der Waals surface area contributed by atoms with E-state index in [2.05, 4.69) is 5.32 Å². The molecule has 0 unspecified atom stereocenters. The minimum atomic E-state index is -4.41. The van der Waals surface area contributed by atoms with Crippen LogP contribution in [0.3, 0.4) is 0 Å². The average molecular weight is 387 g/mol. The van der Waals surface area contributed by atoms with Gasteiger partial charge in [0.15, 0.2) is 6.10 Å². The van der Waals surface area contributed by atoms with Crippen molar-refractivity contribution in [3.63, 3.8) is 0 Å². The molecule has 28 heavy (non-hydrogen) atoms. The molecule has 0 radical (unpaired) electrons. The molecule has 1 N–H and O–H groups in total. The zero-order valence-electron chi connectivity index (χ0n) is 15.3. The van der Waals surface area contributed by atoms with E-state index in [1.54, 1.807) is 12.1 Å². The van der Waals surface area contributed by atoms with Crippen LogP contribution in [0.15, 0.2) is 66.7 Å². The molecule has 0 bridgehead atoms. The number of ether oxygens (including phenoxy) is 1. The summed E-state index contributed by atoms with van der Waals surface area (Å²) in [6.07, 6.45) is -4.71. The van der Waals surface area contributed by atoms with Gasteiger partial charge < -0.3 is 10.1 Å². The number of halogens is 3. The molecule has 6 heteroatoms. The molecule has 146 valence electrons. The van der Waals surface area contributed by atoms with Gasteiger partial charge in [0, 0.05) is 6.54 Å². The molecule has 0 aromatic heterocycles. The van der Waals surface area contributed by atoms with E-state index < -0.39 is 17.8 Å². The van der Waals surface area contributed by atoms with E-state index in [1.165, 1.54) is 6.07 Å². The fourth-order valence-electron chi connectivity index (χ4n) is 2.89. The smallest absolute Gasteiger partial charge is 0.416 e. The van der Waals surface area contributed by atoms with Crippen molar-refractivity contribution < 1.29 is 22.7 Å². The second-order valence-electron chi connectivity index (χ2n) is 6.44. The molecule has 1 atom stereocenters. The van der Waals surface area contributed by atoms with Crippen LogP contribution in [0.5, 0.6) is 5.75 Å². The summed E-state index contributed by atoms with van der Waals surface area (Å²) in [6.45, 7) is 1.82. The van der Waals surface area contributed by atoms with Gasteiger partial charge in [-0.2, -0.15) is 13.2 Å². The van der Waals surface area contributed by atoms with Crippen LogP contribution in [0.4, 0.5) is 13.2 Å². The average Bonchev–Trinajstić information content (AvgIpc) is 2.69. The third kappa shape index (κ3) is 4.82. The van der Waals surface area contributed by atoms with Crippen molar-refractivity contribution >= 4 is 16.7 Å². The van der Waals surface area contributed by atoms with Crippen molar-refractivity contribution in [3.8, 4) is 5.75 Å². The standard InChI is InChI=1S/C22H20F3NO2/c1-2-20(28-19-11-10-16-7-3-4-8-17(16)13-19)21(27)26-14-15-6-5-9-18(12-15)22(23,24)25/h3-13,20H,2,14H2,1H3,(H,26,27)/t20-/m0/s1. The Bertz CT molecular complexity index is 969. The van der Waals surface area contributed by atoms with E-state index in [1.807, 2.05) is 43.3 Å². The highest BCUT2D eigenvalue weighted by Gasteiger charge is 2.30. The fourth-order valence-corrected chi connectivity index (χ4v) is 2.89. The zero-order chi connectivity index (χ0) is 20.1. The van der Waals surface area contributed by atoms with Crippen molar-refractivity contribution in [3.05, 3.63) is 77.9 Å². The quantitative estimate of drug-likeness (QED) is 0.621. The highest BCUT2D eigenvalue weighted by atomic mass is 19.4. The second kappa shape index (κ2) is 8.33. The Hall–Kier alpha value is -3.02. The van der Waals surface area contributed by atoms with Crippen LogP contribution in [0.1, 0.15) is 24.5 Å². The molecule has 3 rings (SSSR count). The molecule has 0 spiro atoms. The van der Waals surface area contributed by atoms with E-state index in [9.17, 15) is 18.0 Å². The summed E-state index contributed by atoms with van der Waals surface area (Å²) >= 11 is 0. The number of carbonyl (C=O) groups is 1.